The van der Waals surface area contributed by atoms with E-state index >= 15 is 0 Å². The summed E-state index contributed by atoms with van der Waals surface area (Å²) in [4.78, 5) is 12.5. The van der Waals surface area contributed by atoms with Gasteiger partial charge in [0.1, 0.15) is 30.5 Å². The Balaban J connectivity index is 1.48. The van der Waals surface area contributed by atoms with Gasteiger partial charge in [0.25, 0.3) is 0 Å². The highest BCUT2D eigenvalue weighted by Gasteiger charge is 2.64. The first-order valence-corrected chi connectivity index (χ1v) is 10.8. The molecule has 0 aromatic heterocycles. The first kappa shape index (κ1) is 22.9. The molecule has 0 amide bonds. The van der Waals surface area contributed by atoms with Gasteiger partial charge in [-0.05, 0) is 44.9 Å². The Morgan fingerprint density at radius 1 is 1.06 bits per heavy atom. The molecule has 0 spiro atoms. The van der Waals surface area contributed by atoms with E-state index in [0.717, 1.165) is 11.1 Å². The molecule has 0 bridgehead atoms. The molecule has 2 heterocycles. The fraction of sp³-hybridized carbons (Fsp3) is 0.480. The average molecular weight is 443 g/mol. The SMILES string of the molecule is Cc1ccccc1C(=O)OC[C@@H](O)[C@H]1O[C@@H]2OC(C)(C)O[C@@H]2[C@]1(C)OCc1ccccc1. The highest BCUT2D eigenvalue weighted by Crippen LogP contribution is 2.46. The Morgan fingerprint density at radius 2 is 1.75 bits per heavy atom. The van der Waals surface area contributed by atoms with Crippen LogP contribution in [0.25, 0.3) is 0 Å². The van der Waals surface area contributed by atoms with Crippen molar-refractivity contribution in [2.45, 2.75) is 70.3 Å². The first-order valence-electron chi connectivity index (χ1n) is 10.8. The zero-order valence-electron chi connectivity index (χ0n) is 18.8. The quantitative estimate of drug-likeness (QED) is 0.658. The maximum atomic E-state index is 12.5. The topological polar surface area (TPSA) is 83.5 Å². The van der Waals surface area contributed by atoms with Crippen LogP contribution >= 0.6 is 0 Å². The molecule has 1 N–H and O–H groups in total. The van der Waals surface area contributed by atoms with Crippen LogP contribution in [0.3, 0.4) is 0 Å². The van der Waals surface area contributed by atoms with E-state index in [0.29, 0.717) is 12.2 Å². The molecule has 2 fully saturated rings. The molecule has 2 aliphatic rings. The maximum Gasteiger partial charge on any atom is 0.338 e. The minimum absolute atomic E-state index is 0.245. The summed E-state index contributed by atoms with van der Waals surface area (Å²) >= 11 is 0. The molecule has 2 saturated heterocycles. The molecule has 0 saturated carbocycles. The number of aliphatic hydroxyl groups is 1. The van der Waals surface area contributed by atoms with Gasteiger partial charge >= 0.3 is 5.97 Å². The second-order valence-electron chi connectivity index (χ2n) is 8.92. The molecule has 5 atom stereocenters. The van der Waals surface area contributed by atoms with Gasteiger partial charge in [-0.25, -0.2) is 4.79 Å². The summed E-state index contributed by atoms with van der Waals surface area (Å²) in [7, 11) is 0. The zero-order chi connectivity index (χ0) is 22.9. The molecule has 2 aliphatic heterocycles. The Labute approximate surface area is 188 Å². The van der Waals surface area contributed by atoms with Crippen molar-refractivity contribution in [3.63, 3.8) is 0 Å². The molecule has 4 rings (SSSR count). The molecule has 172 valence electrons. The van der Waals surface area contributed by atoms with Crippen LogP contribution < -0.4 is 0 Å². The van der Waals surface area contributed by atoms with Crippen molar-refractivity contribution in [1.29, 1.82) is 0 Å². The molecule has 2 aromatic rings. The van der Waals surface area contributed by atoms with Gasteiger partial charge in [-0.1, -0.05) is 48.5 Å². The number of ether oxygens (including phenoxy) is 5. The molecule has 7 heteroatoms. The van der Waals surface area contributed by atoms with Crippen molar-refractivity contribution in [3.05, 3.63) is 71.3 Å². The Kier molecular flexibility index (Phi) is 6.38. The number of carbonyl (C=O) groups excluding carboxylic acids is 1. The van der Waals surface area contributed by atoms with Crippen molar-refractivity contribution >= 4 is 5.97 Å². The molecular formula is C25H30O7. The van der Waals surface area contributed by atoms with Crippen LogP contribution in [-0.4, -0.2) is 53.7 Å². The van der Waals surface area contributed by atoms with E-state index < -0.39 is 42.0 Å². The van der Waals surface area contributed by atoms with Crippen molar-refractivity contribution in [2.24, 2.45) is 0 Å². The number of hydrogen-bond acceptors (Lipinski definition) is 7. The Bertz CT molecular complexity index is 944. The van der Waals surface area contributed by atoms with Crippen molar-refractivity contribution in [1.82, 2.24) is 0 Å². The number of rotatable bonds is 7. The van der Waals surface area contributed by atoms with E-state index in [1.165, 1.54) is 0 Å². The molecule has 0 aliphatic carbocycles. The summed E-state index contributed by atoms with van der Waals surface area (Å²) < 4.78 is 29.7. The minimum Gasteiger partial charge on any atom is -0.459 e. The highest BCUT2D eigenvalue weighted by molar-refractivity contribution is 5.90. The molecular weight excluding hydrogens is 412 g/mol. The van der Waals surface area contributed by atoms with E-state index in [1.807, 2.05) is 70.2 Å². The van der Waals surface area contributed by atoms with Gasteiger partial charge in [0.15, 0.2) is 12.1 Å². The molecule has 0 unspecified atom stereocenters. The molecule has 32 heavy (non-hydrogen) atoms. The normalized spacial score (nSPS) is 29.5. The third-order valence-corrected chi connectivity index (χ3v) is 5.96. The standard InChI is InChI=1S/C25H30O7/c1-16-10-8-9-13-18(16)22(27)28-15-19(26)20-25(4,29-14-17-11-6-5-7-12-17)21-23(30-20)32-24(2,3)31-21/h5-13,19-21,23,26H,14-15H2,1-4H3/t19-,20-,21+,23-,25-/m1/s1. The van der Waals surface area contributed by atoms with Crippen LogP contribution in [-0.2, 0) is 30.3 Å². The number of benzene rings is 2. The van der Waals surface area contributed by atoms with Gasteiger partial charge in [-0.3, -0.25) is 0 Å². The third-order valence-electron chi connectivity index (χ3n) is 5.96. The van der Waals surface area contributed by atoms with E-state index in [9.17, 15) is 9.90 Å². The summed E-state index contributed by atoms with van der Waals surface area (Å²) in [6.07, 6.45) is -3.20. The van der Waals surface area contributed by atoms with Crippen LogP contribution in [0, 0.1) is 6.92 Å². The average Bonchev–Trinajstić information content (AvgIpc) is 3.22. The summed E-state index contributed by atoms with van der Waals surface area (Å²) in [6.45, 7) is 7.34. The second-order valence-corrected chi connectivity index (χ2v) is 8.92. The van der Waals surface area contributed by atoms with Crippen LogP contribution in [0.15, 0.2) is 54.6 Å². The lowest BCUT2D eigenvalue weighted by atomic mass is 9.91. The van der Waals surface area contributed by atoms with Crippen molar-refractivity contribution in [2.75, 3.05) is 6.61 Å². The van der Waals surface area contributed by atoms with E-state index in [4.69, 9.17) is 23.7 Å². The maximum absolute atomic E-state index is 12.5. The van der Waals surface area contributed by atoms with Crippen molar-refractivity contribution in [3.8, 4) is 0 Å². The molecule has 2 aromatic carbocycles. The Morgan fingerprint density at radius 3 is 2.47 bits per heavy atom. The summed E-state index contributed by atoms with van der Waals surface area (Å²) in [5.41, 5.74) is 1.22. The largest absolute Gasteiger partial charge is 0.459 e. The number of carbonyl (C=O) groups is 1. The second kappa shape index (κ2) is 8.92. The predicted molar refractivity (Wildman–Crippen MR) is 116 cm³/mol. The summed E-state index contributed by atoms with van der Waals surface area (Å²) in [5, 5.41) is 10.9. The highest BCUT2D eigenvalue weighted by atomic mass is 16.8. The number of aryl methyl sites for hydroxylation is 1. The number of hydrogen-bond donors (Lipinski definition) is 1. The monoisotopic (exact) mass is 442 g/mol. The van der Waals surface area contributed by atoms with Crippen LogP contribution in [0.5, 0.6) is 0 Å². The fourth-order valence-corrected chi connectivity index (χ4v) is 4.24. The van der Waals surface area contributed by atoms with Gasteiger partial charge in [-0.15, -0.1) is 0 Å². The number of esters is 1. The number of aliphatic hydroxyl groups excluding tert-OH is 1. The third kappa shape index (κ3) is 4.58. The fourth-order valence-electron chi connectivity index (χ4n) is 4.24. The van der Waals surface area contributed by atoms with Gasteiger partial charge in [0, 0.05) is 0 Å². The smallest absolute Gasteiger partial charge is 0.338 e. The van der Waals surface area contributed by atoms with E-state index in [2.05, 4.69) is 0 Å². The predicted octanol–water partition coefficient (Wildman–Crippen LogP) is 3.36. The van der Waals surface area contributed by atoms with Crippen LogP contribution in [0.4, 0.5) is 0 Å². The lowest BCUT2D eigenvalue weighted by Gasteiger charge is -2.37. The van der Waals surface area contributed by atoms with Crippen LogP contribution in [0.2, 0.25) is 0 Å². The summed E-state index contributed by atoms with van der Waals surface area (Å²) in [5.74, 6) is -1.33. The molecule has 7 nitrogen and oxygen atoms in total. The minimum atomic E-state index is -1.13. The summed E-state index contributed by atoms with van der Waals surface area (Å²) in [6, 6.07) is 16.9. The first-order chi connectivity index (χ1) is 15.2. The van der Waals surface area contributed by atoms with Gasteiger partial charge in [0.2, 0.25) is 0 Å². The Hall–Kier alpha value is -2.29. The van der Waals surface area contributed by atoms with Gasteiger partial charge in [0.05, 0.1) is 12.2 Å². The van der Waals surface area contributed by atoms with E-state index in [-0.39, 0.29) is 6.61 Å². The van der Waals surface area contributed by atoms with Crippen LogP contribution in [0.1, 0.15) is 42.3 Å². The van der Waals surface area contributed by atoms with Gasteiger partial charge in [-0.2, -0.15) is 0 Å². The van der Waals surface area contributed by atoms with Gasteiger partial charge < -0.3 is 28.8 Å². The zero-order valence-corrected chi connectivity index (χ0v) is 18.8. The molecule has 0 radical (unpaired) electrons. The van der Waals surface area contributed by atoms with E-state index in [1.54, 1.807) is 12.1 Å². The lowest BCUT2D eigenvalue weighted by Crippen LogP contribution is -2.54. The number of fused-ring (bicyclic) bond motifs is 1. The van der Waals surface area contributed by atoms with Crippen molar-refractivity contribution < 1.29 is 33.6 Å². The lowest BCUT2D eigenvalue weighted by molar-refractivity contribution is -0.250.